The number of hydrogen-bond acceptors (Lipinski definition) is 6. The van der Waals surface area contributed by atoms with Gasteiger partial charge in [0.2, 0.25) is 5.91 Å². The van der Waals surface area contributed by atoms with Crippen LogP contribution in [0, 0.1) is 15.5 Å². The van der Waals surface area contributed by atoms with Gasteiger partial charge in [-0.25, -0.2) is 0 Å². The zero-order valence-electron chi connectivity index (χ0n) is 16.6. The van der Waals surface area contributed by atoms with Gasteiger partial charge in [-0.1, -0.05) is 18.6 Å². The molecule has 30 heavy (non-hydrogen) atoms. The lowest BCUT2D eigenvalue weighted by Crippen LogP contribution is -2.44. The molecule has 1 aliphatic carbocycles. The number of fused-ring (bicyclic) bond motifs is 2. The van der Waals surface area contributed by atoms with Crippen LogP contribution in [0.25, 0.3) is 5.70 Å². The number of nitro groups is 1. The van der Waals surface area contributed by atoms with E-state index in [2.05, 4.69) is 0 Å². The number of carbonyl (C=O) groups is 1. The minimum atomic E-state index is -0.729. The lowest BCUT2D eigenvalue weighted by Gasteiger charge is -2.37. The number of benzene rings is 2. The van der Waals surface area contributed by atoms with Crippen molar-refractivity contribution in [1.82, 2.24) is 0 Å². The Morgan fingerprint density at radius 2 is 2.03 bits per heavy atom. The van der Waals surface area contributed by atoms with E-state index >= 15 is 0 Å². The maximum atomic E-state index is 13.5. The number of methoxy groups -OCH3 is 1. The van der Waals surface area contributed by atoms with Crippen molar-refractivity contribution >= 4 is 29.2 Å². The summed E-state index contributed by atoms with van der Waals surface area (Å²) in [6, 6.07) is 10.5. The first kappa shape index (κ1) is 19.6. The number of nitrogens with zero attached hydrogens (tertiary/aromatic N) is 2. The van der Waals surface area contributed by atoms with E-state index in [9.17, 15) is 14.9 Å². The molecular formula is C22H22N4O4. The average Bonchev–Trinajstić information content (AvgIpc) is 2.96. The molecule has 0 bridgehead atoms. The minimum Gasteiger partial charge on any atom is -0.497 e. The Morgan fingerprint density at radius 1 is 1.33 bits per heavy atom. The van der Waals surface area contributed by atoms with Crippen molar-refractivity contribution in [2.75, 3.05) is 12.0 Å². The Hall–Kier alpha value is -3.68. The topological polar surface area (TPSA) is 123 Å². The second-order valence-corrected chi connectivity index (χ2v) is 7.61. The predicted molar refractivity (Wildman–Crippen MR) is 114 cm³/mol. The first-order valence-corrected chi connectivity index (χ1v) is 9.65. The molecule has 4 rings (SSSR count). The molecule has 1 aliphatic heterocycles. The molecule has 2 aliphatic rings. The molecule has 0 radical (unpaired) electrons. The molecule has 0 unspecified atom stereocenters. The summed E-state index contributed by atoms with van der Waals surface area (Å²) >= 11 is 0. The van der Waals surface area contributed by atoms with Crippen LogP contribution < -0.4 is 15.4 Å². The number of ether oxygens (including phenoxy) is 1. The number of allylic oxidation sites excluding steroid dienone is 1. The first-order chi connectivity index (χ1) is 14.4. The highest BCUT2D eigenvalue weighted by molar-refractivity contribution is 6.11. The second-order valence-electron chi connectivity index (χ2n) is 7.61. The maximum absolute atomic E-state index is 13.5. The first-order valence-electron chi connectivity index (χ1n) is 9.65. The Kier molecular flexibility index (Phi) is 4.77. The van der Waals surface area contributed by atoms with E-state index in [0.717, 1.165) is 18.2 Å². The highest BCUT2D eigenvalue weighted by atomic mass is 16.6. The van der Waals surface area contributed by atoms with Crippen LogP contribution >= 0.6 is 0 Å². The molecule has 154 valence electrons. The fraction of sp³-hybridized carbons (Fsp3) is 0.273. The van der Waals surface area contributed by atoms with E-state index in [1.54, 1.807) is 25.3 Å². The van der Waals surface area contributed by atoms with Gasteiger partial charge in [-0.3, -0.25) is 14.9 Å². The van der Waals surface area contributed by atoms with Crippen molar-refractivity contribution in [2.45, 2.75) is 31.2 Å². The van der Waals surface area contributed by atoms with Gasteiger partial charge in [0, 0.05) is 23.5 Å². The van der Waals surface area contributed by atoms with E-state index in [1.165, 1.54) is 17.0 Å². The molecular weight excluding hydrogens is 384 g/mol. The fourth-order valence-electron chi connectivity index (χ4n) is 4.31. The summed E-state index contributed by atoms with van der Waals surface area (Å²) in [6.45, 7) is 0.240. The number of nitrogens with two attached hydrogens (primary N) is 1. The number of rotatable bonds is 6. The van der Waals surface area contributed by atoms with Crippen molar-refractivity contribution < 1.29 is 14.5 Å². The van der Waals surface area contributed by atoms with Gasteiger partial charge in [0.05, 0.1) is 24.0 Å². The van der Waals surface area contributed by atoms with Crippen molar-refractivity contribution in [2.24, 2.45) is 5.73 Å². The zero-order valence-corrected chi connectivity index (χ0v) is 16.6. The third-order valence-corrected chi connectivity index (χ3v) is 6.03. The summed E-state index contributed by atoms with van der Waals surface area (Å²) in [4.78, 5) is 26.5. The Labute approximate surface area is 173 Å². The van der Waals surface area contributed by atoms with Gasteiger partial charge in [-0.05, 0) is 48.2 Å². The van der Waals surface area contributed by atoms with Crippen LogP contribution in [0.1, 0.15) is 36.0 Å². The van der Waals surface area contributed by atoms with Crippen LogP contribution in [0.4, 0.5) is 11.4 Å². The van der Waals surface area contributed by atoms with Crippen LogP contribution in [0.15, 0.2) is 42.5 Å². The van der Waals surface area contributed by atoms with E-state index < -0.39 is 10.3 Å². The molecule has 1 heterocycles. The molecule has 1 fully saturated rings. The van der Waals surface area contributed by atoms with Crippen molar-refractivity contribution in [1.29, 1.82) is 5.41 Å². The smallest absolute Gasteiger partial charge is 0.293 e. The van der Waals surface area contributed by atoms with Gasteiger partial charge in [-0.2, -0.15) is 0 Å². The molecule has 8 heteroatoms. The summed E-state index contributed by atoms with van der Waals surface area (Å²) in [5.41, 5.74) is 7.72. The van der Waals surface area contributed by atoms with Gasteiger partial charge >= 0.3 is 0 Å². The van der Waals surface area contributed by atoms with Crippen LogP contribution in [-0.4, -0.2) is 24.2 Å². The van der Waals surface area contributed by atoms with Crippen molar-refractivity contribution in [3.63, 3.8) is 0 Å². The monoisotopic (exact) mass is 406 g/mol. The van der Waals surface area contributed by atoms with Crippen LogP contribution in [0.2, 0.25) is 0 Å². The van der Waals surface area contributed by atoms with E-state index in [1.807, 2.05) is 12.1 Å². The summed E-state index contributed by atoms with van der Waals surface area (Å²) in [5, 5.41) is 19.2. The third kappa shape index (κ3) is 2.92. The largest absolute Gasteiger partial charge is 0.497 e. The number of anilines is 1. The molecule has 8 nitrogen and oxygen atoms in total. The predicted octanol–water partition coefficient (Wildman–Crippen LogP) is 3.52. The lowest BCUT2D eigenvalue weighted by molar-refractivity contribution is -0.384. The Morgan fingerprint density at radius 3 is 2.57 bits per heavy atom. The number of carbonyl (C=O) groups excluding carboxylic acids is 1. The molecule has 0 aromatic heterocycles. The quantitative estimate of drug-likeness (QED) is 0.432. The molecule has 2 aromatic rings. The van der Waals surface area contributed by atoms with Gasteiger partial charge < -0.3 is 20.8 Å². The Bertz CT molecular complexity index is 1070. The number of hydrogen-bond donors (Lipinski definition) is 2. The highest BCUT2D eigenvalue weighted by Crippen LogP contribution is 2.56. The summed E-state index contributed by atoms with van der Waals surface area (Å²) < 4.78 is 5.18. The number of nitro benzene ring substituents is 1. The molecule has 0 atom stereocenters. The fourth-order valence-corrected chi connectivity index (χ4v) is 4.31. The van der Waals surface area contributed by atoms with Gasteiger partial charge in [0.15, 0.2) is 0 Å². The van der Waals surface area contributed by atoms with E-state index in [4.69, 9.17) is 15.9 Å². The van der Waals surface area contributed by atoms with Crippen LogP contribution in [0.3, 0.4) is 0 Å². The van der Waals surface area contributed by atoms with Crippen molar-refractivity contribution in [3.8, 4) is 5.75 Å². The second kappa shape index (κ2) is 7.29. The lowest BCUT2D eigenvalue weighted by atomic mass is 9.65. The Balaban J connectivity index is 1.86. The molecule has 1 spiro atoms. The SMILES string of the molecule is COc1ccc(CN2C(=O)C3(CCC3)c3cc(/C(N)=C/C=N)cc([N+](=O)[O-])c32)cc1. The summed E-state index contributed by atoms with van der Waals surface area (Å²) in [6.07, 6.45) is 4.63. The standard InChI is InChI=1S/C22H22N4O4/c1-30-16-5-3-14(4-6-16)13-25-20-17(22(21(25)27)8-2-9-22)11-15(18(24)7-10-23)12-19(20)26(28)29/h3-7,10-12,23H,2,8-9,13,24H2,1H3/b18-7-,23-10?. The zero-order chi connectivity index (χ0) is 21.5. The maximum Gasteiger partial charge on any atom is 0.293 e. The van der Waals surface area contributed by atoms with E-state index in [0.29, 0.717) is 35.4 Å². The normalized spacial score (nSPS) is 16.9. The molecule has 3 N–H and O–H groups in total. The summed E-state index contributed by atoms with van der Waals surface area (Å²) in [7, 11) is 1.58. The van der Waals surface area contributed by atoms with Crippen LogP contribution in [-0.2, 0) is 16.8 Å². The van der Waals surface area contributed by atoms with Gasteiger partial charge in [0.1, 0.15) is 11.4 Å². The van der Waals surface area contributed by atoms with Gasteiger partial charge in [0.25, 0.3) is 5.69 Å². The highest BCUT2D eigenvalue weighted by Gasteiger charge is 2.56. The third-order valence-electron chi connectivity index (χ3n) is 6.03. The van der Waals surface area contributed by atoms with Crippen molar-refractivity contribution in [3.05, 3.63) is 69.3 Å². The summed E-state index contributed by atoms with van der Waals surface area (Å²) in [5.74, 6) is 0.598. The van der Waals surface area contributed by atoms with Gasteiger partial charge in [-0.15, -0.1) is 0 Å². The molecule has 0 saturated heterocycles. The number of amides is 1. The molecule has 1 amide bonds. The van der Waals surface area contributed by atoms with Crippen LogP contribution in [0.5, 0.6) is 5.75 Å². The average molecular weight is 406 g/mol. The van der Waals surface area contributed by atoms with E-state index in [-0.39, 0.29) is 23.8 Å². The molecule has 1 saturated carbocycles. The number of nitrogens with one attached hydrogen (secondary N) is 1. The molecule has 2 aromatic carbocycles. The minimum absolute atomic E-state index is 0.102.